The largest absolute Gasteiger partial charge is 0.499 e. The first-order valence-electron chi connectivity index (χ1n) is 3.10. The van der Waals surface area contributed by atoms with Crippen LogP contribution in [0.15, 0.2) is 12.5 Å². The van der Waals surface area contributed by atoms with Gasteiger partial charge in [0.25, 0.3) is 0 Å². The molecule has 0 spiro atoms. The second-order valence-corrected chi connectivity index (χ2v) is 5.79. The van der Waals surface area contributed by atoms with Gasteiger partial charge in [-0.15, -0.1) is 10.2 Å². The van der Waals surface area contributed by atoms with Crippen molar-refractivity contribution in [1.82, 2.24) is 4.72 Å². The van der Waals surface area contributed by atoms with Gasteiger partial charge in [-0.25, -0.2) is 4.39 Å². The molecule has 0 radical (unpaired) electrons. The second kappa shape index (κ2) is 3.14. The van der Waals surface area contributed by atoms with Gasteiger partial charge >= 0.3 is 0 Å². The zero-order chi connectivity index (χ0) is 7.45. The Bertz CT molecular complexity index is 142. The maximum Gasteiger partial charge on any atom is 0.135 e. The van der Waals surface area contributed by atoms with Crippen molar-refractivity contribution in [3.8, 4) is 0 Å². The Morgan fingerprint density at radius 3 is 3.30 bits per heavy atom. The summed E-state index contributed by atoms with van der Waals surface area (Å²) in [5.41, 5.74) is 0. The first-order chi connectivity index (χ1) is 4.77. The quantitative estimate of drug-likeness (QED) is 0.633. The number of nitrogens with one attached hydrogen (secondary N) is 1. The van der Waals surface area contributed by atoms with Gasteiger partial charge in [-0.3, -0.25) is 0 Å². The van der Waals surface area contributed by atoms with Gasteiger partial charge in [-0.1, -0.05) is 0 Å². The Morgan fingerprint density at radius 1 is 1.80 bits per heavy atom. The summed E-state index contributed by atoms with van der Waals surface area (Å²) >= 11 is 0. The molecule has 2 nitrogen and oxygen atoms in total. The lowest BCUT2D eigenvalue weighted by molar-refractivity contribution is 0.273. The molecule has 4 heteroatoms. The number of halogens is 1. The third-order valence-corrected chi connectivity index (χ3v) is 3.66. The fraction of sp³-hybridized carbons (Fsp3) is 0.667. The van der Waals surface area contributed by atoms with E-state index in [2.05, 4.69) is 4.72 Å². The standard InChI is InChI=1S/C6H12FNOS/c1-10(6-7)5-4-9-3-2-8-10/h2-3,8H,4-6H2,1H3. The predicted molar refractivity (Wildman–Crippen MR) is 42.6 cm³/mol. The van der Waals surface area contributed by atoms with Crippen molar-refractivity contribution < 1.29 is 9.13 Å². The van der Waals surface area contributed by atoms with Crippen molar-refractivity contribution in [1.29, 1.82) is 0 Å². The summed E-state index contributed by atoms with van der Waals surface area (Å²) < 4.78 is 20.3. The van der Waals surface area contributed by atoms with E-state index < -0.39 is 10.2 Å². The fourth-order valence-electron chi connectivity index (χ4n) is 0.685. The third kappa shape index (κ3) is 1.80. The van der Waals surface area contributed by atoms with E-state index in [0.29, 0.717) is 6.61 Å². The normalized spacial score (nSPS) is 38.6. The second-order valence-electron chi connectivity index (χ2n) is 2.38. The smallest absolute Gasteiger partial charge is 0.135 e. The third-order valence-electron chi connectivity index (χ3n) is 1.41. The highest BCUT2D eigenvalue weighted by Crippen LogP contribution is 2.39. The van der Waals surface area contributed by atoms with Crippen LogP contribution in [-0.2, 0) is 4.74 Å². The van der Waals surface area contributed by atoms with Gasteiger partial charge in [-0.05, 0) is 6.26 Å². The van der Waals surface area contributed by atoms with Crippen LogP contribution in [0.3, 0.4) is 0 Å². The Morgan fingerprint density at radius 2 is 2.60 bits per heavy atom. The van der Waals surface area contributed by atoms with E-state index in [9.17, 15) is 4.39 Å². The molecule has 0 aromatic heterocycles. The number of hydrogen-bond donors (Lipinski definition) is 1. The van der Waals surface area contributed by atoms with Crippen molar-refractivity contribution in [2.24, 2.45) is 0 Å². The van der Waals surface area contributed by atoms with Crippen molar-refractivity contribution in [3.05, 3.63) is 12.5 Å². The van der Waals surface area contributed by atoms with E-state index in [-0.39, 0.29) is 6.01 Å². The molecule has 10 heavy (non-hydrogen) atoms. The Hall–Kier alpha value is -0.380. The van der Waals surface area contributed by atoms with Gasteiger partial charge in [0, 0.05) is 12.0 Å². The number of rotatable bonds is 1. The molecule has 0 fully saturated rings. The monoisotopic (exact) mass is 165 g/mol. The van der Waals surface area contributed by atoms with E-state index in [1.807, 2.05) is 6.26 Å². The van der Waals surface area contributed by atoms with Crippen molar-refractivity contribution in [2.75, 3.05) is 24.6 Å². The van der Waals surface area contributed by atoms with E-state index in [0.717, 1.165) is 5.75 Å². The summed E-state index contributed by atoms with van der Waals surface area (Å²) in [5.74, 6) is 0.788. The molecular weight excluding hydrogens is 153 g/mol. The van der Waals surface area contributed by atoms with Gasteiger partial charge in [0.05, 0.1) is 12.9 Å². The minimum absolute atomic E-state index is 0.277. The molecule has 1 aliphatic heterocycles. The molecule has 0 saturated carbocycles. The molecule has 0 aromatic rings. The van der Waals surface area contributed by atoms with Gasteiger partial charge in [0.2, 0.25) is 0 Å². The van der Waals surface area contributed by atoms with Crippen LogP contribution in [0.1, 0.15) is 0 Å². The van der Waals surface area contributed by atoms with Crippen LogP contribution < -0.4 is 4.72 Å². The lowest BCUT2D eigenvalue weighted by atomic mass is 10.8. The minimum atomic E-state index is -1.24. The molecule has 1 rings (SSSR count). The number of alkyl halides is 1. The average Bonchev–Trinajstić information content (AvgIpc) is 2.15. The highest BCUT2D eigenvalue weighted by molar-refractivity contribution is 8.31. The number of hydrogen-bond acceptors (Lipinski definition) is 2. The highest BCUT2D eigenvalue weighted by atomic mass is 32.3. The van der Waals surface area contributed by atoms with Crippen LogP contribution in [0.25, 0.3) is 0 Å². The molecule has 60 valence electrons. The molecular formula is C6H12FNOS. The molecule has 1 N–H and O–H groups in total. The van der Waals surface area contributed by atoms with E-state index in [1.54, 1.807) is 12.5 Å². The number of ether oxygens (including phenoxy) is 1. The Kier molecular flexibility index (Phi) is 2.43. The molecule has 1 atom stereocenters. The SMILES string of the molecule is CS1(CF)CCOC=CN1. The molecule has 0 amide bonds. The first kappa shape index (κ1) is 7.72. The van der Waals surface area contributed by atoms with Crippen LogP contribution in [0.2, 0.25) is 0 Å². The van der Waals surface area contributed by atoms with Gasteiger partial charge < -0.3 is 9.46 Å². The maximum absolute atomic E-state index is 12.3. The first-order valence-corrected chi connectivity index (χ1v) is 5.48. The lowest BCUT2D eigenvalue weighted by Gasteiger charge is -2.30. The Balaban J connectivity index is 2.51. The predicted octanol–water partition coefficient (Wildman–Crippen LogP) is 1.35. The molecule has 0 bridgehead atoms. The van der Waals surface area contributed by atoms with E-state index in [1.165, 1.54) is 0 Å². The summed E-state index contributed by atoms with van der Waals surface area (Å²) in [5, 5.41) is 0. The van der Waals surface area contributed by atoms with Gasteiger partial charge in [-0.2, -0.15) is 0 Å². The maximum atomic E-state index is 12.3. The molecule has 1 unspecified atom stereocenters. The summed E-state index contributed by atoms with van der Waals surface area (Å²) in [6, 6.07) is -0.277. The summed E-state index contributed by atoms with van der Waals surface area (Å²) in [6.45, 7) is 0.624. The highest BCUT2D eigenvalue weighted by Gasteiger charge is 2.16. The van der Waals surface area contributed by atoms with Crippen LogP contribution in [0.4, 0.5) is 4.39 Å². The average molecular weight is 165 g/mol. The summed E-state index contributed by atoms with van der Waals surface area (Å²) in [6.07, 6.45) is 5.18. The Labute approximate surface area is 61.9 Å². The van der Waals surface area contributed by atoms with Crippen molar-refractivity contribution >= 4 is 10.2 Å². The van der Waals surface area contributed by atoms with Crippen LogP contribution >= 0.6 is 10.2 Å². The minimum Gasteiger partial charge on any atom is -0.499 e. The molecule has 0 aliphatic carbocycles. The van der Waals surface area contributed by atoms with Gasteiger partial charge in [0.15, 0.2) is 0 Å². The molecule has 1 aliphatic rings. The van der Waals surface area contributed by atoms with Crippen molar-refractivity contribution in [3.63, 3.8) is 0 Å². The van der Waals surface area contributed by atoms with Crippen LogP contribution in [0, 0.1) is 0 Å². The zero-order valence-electron chi connectivity index (χ0n) is 5.97. The van der Waals surface area contributed by atoms with E-state index in [4.69, 9.17) is 4.74 Å². The van der Waals surface area contributed by atoms with Crippen LogP contribution in [-0.4, -0.2) is 24.6 Å². The van der Waals surface area contributed by atoms with Gasteiger partial charge in [0.1, 0.15) is 6.01 Å². The molecule has 0 aromatic carbocycles. The van der Waals surface area contributed by atoms with Crippen LogP contribution in [0.5, 0.6) is 0 Å². The zero-order valence-corrected chi connectivity index (χ0v) is 6.79. The lowest BCUT2D eigenvalue weighted by Crippen LogP contribution is -2.19. The van der Waals surface area contributed by atoms with Crippen molar-refractivity contribution in [2.45, 2.75) is 0 Å². The summed E-state index contributed by atoms with van der Waals surface area (Å²) in [7, 11) is -1.24. The summed E-state index contributed by atoms with van der Waals surface area (Å²) in [4.78, 5) is 0. The topological polar surface area (TPSA) is 21.3 Å². The van der Waals surface area contributed by atoms with E-state index >= 15 is 0 Å². The molecule has 1 heterocycles. The molecule has 0 saturated heterocycles. The fourth-order valence-corrected chi connectivity index (χ4v) is 1.82.